The number of halogens is 2. The van der Waals surface area contributed by atoms with E-state index < -0.39 is 48.2 Å². The third-order valence-corrected chi connectivity index (χ3v) is 5.97. The lowest BCUT2D eigenvalue weighted by atomic mass is 10.1. The SMILES string of the molecule is C=C1Nc2ccc(C(=O)Nc3ccn(C4O[C@H](CO)[C@@H](O)C4(F)F)c(=O)n3)cc2OC12CC2. The number of carbonyl (C=O) groups excluding carboxylic acids is 1. The van der Waals surface area contributed by atoms with Crippen LogP contribution < -0.4 is 21.1 Å². The van der Waals surface area contributed by atoms with Crippen molar-refractivity contribution >= 4 is 17.4 Å². The molecular weight excluding hydrogens is 442 g/mol. The Morgan fingerprint density at radius 2 is 2.12 bits per heavy atom. The maximum Gasteiger partial charge on any atom is 0.351 e. The summed E-state index contributed by atoms with van der Waals surface area (Å²) >= 11 is 0. The van der Waals surface area contributed by atoms with Gasteiger partial charge >= 0.3 is 11.6 Å². The van der Waals surface area contributed by atoms with Crippen LogP contribution in [-0.4, -0.2) is 56.0 Å². The molecule has 1 aliphatic carbocycles. The molecule has 5 rings (SSSR count). The van der Waals surface area contributed by atoms with Crippen molar-refractivity contribution in [1.82, 2.24) is 9.55 Å². The van der Waals surface area contributed by atoms with Gasteiger partial charge in [-0.3, -0.25) is 9.36 Å². The standard InChI is InChI=1S/C21H20F2N4O6/c1-10-20(5-6-20)33-13-8-11(2-3-12(13)24-10)17(30)25-15-4-7-27(19(31)26-15)18-21(22,23)16(29)14(9-28)32-18/h2-4,7-8,14,16,18,24,28-29H,1,5-6,9H2,(H,25,26,30,31)/t14-,16-,18?/m1/s1. The van der Waals surface area contributed by atoms with E-state index in [1.165, 1.54) is 0 Å². The molecular formula is C21H20F2N4O6. The van der Waals surface area contributed by atoms with Crippen molar-refractivity contribution in [1.29, 1.82) is 0 Å². The van der Waals surface area contributed by atoms with Crippen LogP contribution in [0.15, 0.2) is 47.5 Å². The van der Waals surface area contributed by atoms with E-state index in [0.29, 0.717) is 16.0 Å². The predicted octanol–water partition coefficient (Wildman–Crippen LogP) is 1.23. The number of aliphatic hydroxyl groups excluding tert-OH is 2. The Morgan fingerprint density at radius 3 is 2.76 bits per heavy atom. The number of ether oxygens (including phenoxy) is 2. The molecule has 10 nitrogen and oxygen atoms in total. The van der Waals surface area contributed by atoms with E-state index in [-0.39, 0.29) is 11.4 Å². The van der Waals surface area contributed by atoms with E-state index >= 15 is 0 Å². The summed E-state index contributed by atoms with van der Waals surface area (Å²) in [7, 11) is 0. The number of rotatable bonds is 4. The lowest BCUT2D eigenvalue weighted by Gasteiger charge is -2.29. The van der Waals surface area contributed by atoms with Gasteiger partial charge in [0.05, 0.1) is 18.0 Å². The molecule has 2 aromatic rings. The van der Waals surface area contributed by atoms with Crippen molar-refractivity contribution in [2.45, 2.75) is 42.8 Å². The van der Waals surface area contributed by atoms with Gasteiger partial charge in [-0.25, -0.2) is 4.79 Å². The minimum Gasteiger partial charge on any atom is -0.479 e. The van der Waals surface area contributed by atoms with Crippen LogP contribution in [0.2, 0.25) is 0 Å². The molecule has 33 heavy (non-hydrogen) atoms. The van der Waals surface area contributed by atoms with Gasteiger partial charge in [-0.15, -0.1) is 0 Å². The fourth-order valence-corrected chi connectivity index (χ4v) is 3.89. The van der Waals surface area contributed by atoms with Crippen molar-refractivity contribution in [3.05, 3.63) is 58.8 Å². The molecule has 3 aliphatic rings. The smallest absolute Gasteiger partial charge is 0.351 e. The van der Waals surface area contributed by atoms with Crippen LogP contribution in [0.3, 0.4) is 0 Å². The van der Waals surface area contributed by atoms with Crippen molar-refractivity contribution in [2.24, 2.45) is 0 Å². The lowest BCUT2D eigenvalue weighted by molar-refractivity contribution is -0.140. The van der Waals surface area contributed by atoms with Crippen LogP contribution in [-0.2, 0) is 4.74 Å². The van der Waals surface area contributed by atoms with E-state index in [1.54, 1.807) is 18.2 Å². The van der Waals surface area contributed by atoms with Gasteiger partial charge in [-0.05, 0) is 37.1 Å². The Hall–Kier alpha value is -3.35. The Kier molecular flexibility index (Phi) is 4.78. The summed E-state index contributed by atoms with van der Waals surface area (Å²) in [6.07, 6.45) is -3.36. The molecule has 3 atom stereocenters. The Labute approximate surface area is 185 Å². The van der Waals surface area contributed by atoms with Gasteiger partial charge in [-0.1, -0.05) is 6.58 Å². The summed E-state index contributed by atoms with van der Waals surface area (Å²) in [5.74, 6) is -4.08. The maximum atomic E-state index is 14.3. The summed E-state index contributed by atoms with van der Waals surface area (Å²) in [5.41, 5.74) is 0.114. The molecule has 1 saturated carbocycles. The van der Waals surface area contributed by atoms with Gasteiger partial charge in [0.2, 0.25) is 6.23 Å². The first-order valence-electron chi connectivity index (χ1n) is 10.2. The molecule has 174 valence electrons. The van der Waals surface area contributed by atoms with Crippen molar-refractivity contribution < 1.29 is 33.3 Å². The van der Waals surface area contributed by atoms with Crippen LogP contribution in [0.4, 0.5) is 20.3 Å². The van der Waals surface area contributed by atoms with Crippen molar-refractivity contribution in [3.8, 4) is 5.75 Å². The van der Waals surface area contributed by atoms with Gasteiger partial charge in [0.25, 0.3) is 5.91 Å². The van der Waals surface area contributed by atoms with E-state index in [4.69, 9.17) is 14.6 Å². The first kappa shape index (κ1) is 21.5. The van der Waals surface area contributed by atoms with Gasteiger partial charge in [0.1, 0.15) is 23.3 Å². The first-order valence-corrected chi connectivity index (χ1v) is 10.2. The number of fused-ring (bicyclic) bond motifs is 1. The topological polar surface area (TPSA) is 135 Å². The van der Waals surface area contributed by atoms with Crippen molar-refractivity contribution in [2.75, 3.05) is 17.2 Å². The average Bonchev–Trinajstić information content (AvgIpc) is 3.51. The van der Waals surface area contributed by atoms with Crippen LogP contribution >= 0.6 is 0 Å². The van der Waals surface area contributed by atoms with Crippen molar-refractivity contribution in [3.63, 3.8) is 0 Å². The van der Waals surface area contributed by atoms with Gasteiger partial charge in [-0.2, -0.15) is 13.8 Å². The molecule has 1 aromatic heterocycles. The largest absolute Gasteiger partial charge is 0.479 e. The number of hydrogen-bond donors (Lipinski definition) is 4. The Balaban J connectivity index is 1.34. The van der Waals surface area contributed by atoms with Crippen LogP contribution in [0.25, 0.3) is 0 Å². The molecule has 1 saturated heterocycles. The normalized spacial score (nSPS) is 26.3. The summed E-state index contributed by atoms with van der Waals surface area (Å²) < 4.78 is 40.0. The fraction of sp³-hybridized carbons (Fsp3) is 0.381. The zero-order valence-electron chi connectivity index (χ0n) is 17.1. The first-order chi connectivity index (χ1) is 15.6. The van der Waals surface area contributed by atoms with E-state index in [2.05, 4.69) is 22.2 Å². The number of carbonyl (C=O) groups is 1. The van der Waals surface area contributed by atoms with Gasteiger partial charge in [0, 0.05) is 11.8 Å². The third kappa shape index (κ3) is 3.46. The quantitative estimate of drug-likeness (QED) is 0.533. The molecule has 3 heterocycles. The number of alkyl halides is 2. The number of aliphatic hydroxyl groups is 2. The maximum absolute atomic E-state index is 14.3. The molecule has 1 spiro atoms. The Morgan fingerprint density at radius 1 is 1.36 bits per heavy atom. The minimum atomic E-state index is -3.83. The molecule has 4 N–H and O–H groups in total. The predicted molar refractivity (Wildman–Crippen MR) is 110 cm³/mol. The average molecular weight is 462 g/mol. The highest BCUT2D eigenvalue weighted by atomic mass is 19.3. The number of anilines is 2. The molecule has 1 amide bonds. The summed E-state index contributed by atoms with van der Waals surface area (Å²) in [6.45, 7) is 3.12. The lowest BCUT2D eigenvalue weighted by Crippen LogP contribution is -2.41. The van der Waals surface area contributed by atoms with E-state index in [9.17, 15) is 23.5 Å². The molecule has 2 aliphatic heterocycles. The minimum absolute atomic E-state index is 0.161. The molecule has 1 unspecified atom stereocenters. The second kappa shape index (κ2) is 7.33. The highest BCUT2D eigenvalue weighted by Gasteiger charge is 2.59. The van der Waals surface area contributed by atoms with E-state index in [0.717, 1.165) is 30.8 Å². The zero-order chi connectivity index (χ0) is 23.5. The summed E-state index contributed by atoms with van der Waals surface area (Å²) in [4.78, 5) is 28.6. The number of benzene rings is 1. The van der Waals surface area contributed by atoms with Crippen LogP contribution in [0.1, 0.15) is 29.4 Å². The highest BCUT2D eigenvalue weighted by Crippen LogP contribution is 2.51. The molecule has 1 aromatic carbocycles. The fourth-order valence-electron chi connectivity index (χ4n) is 3.89. The van der Waals surface area contributed by atoms with Crippen LogP contribution in [0.5, 0.6) is 5.75 Å². The number of nitrogens with one attached hydrogen (secondary N) is 2. The summed E-state index contributed by atoms with van der Waals surface area (Å²) in [5, 5.41) is 24.3. The number of nitrogens with zero attached hydrogens (tertiary/aromatic N) is 2. The summed E-state index contributed by atoms with van der Waals surface area (Å²) in [6, 6.07) is 5.91. The highest BCUT2D eigenvalue weighted by molar-refractivity contribution is 6.04. The number of hydrogen-bond acceptors (Lipinski definition) is 8. The Bertz CT molecular complexity index is 1210. The number of aromatic nitrogens is 2. The molecule has 0 bridgehead atoms. The monoisotopic (exact) mass is 462 g/mol. The van der Waals surface area contributed by atoms with Gasteiger partial charge < -0.3 is 30.3 Å². The third-order valence-electron chi connectivity index (χ3n) is 5.97. The molecule has 2 fully saturated rings. The van der Waals surface area contributed by atoms with E-state index in [1.807, 2.05) is 0 Å². The van der Waals surface area contributed by atoms with Crippen LogP contribution in [0, 0.1) is 0 Å². The molecule has 12 heteroatoms. The number of amides is 1. The molecule has 0 radical (unpaired) electrons. The zero-order valence-corrected chi connectivity index (χ0v) is 17.1. The second-order valence-electron chi connectivity index (χ2n) is 8.20. The second-order valence-corrected chi connectivity index (χ2v) is 8.20. The van der Waals surface area contributed by atoms with Gasteiger partial charge in [0.15, 0.2) is 6.10 Å².